The molecule has 0 saturated heterocycles. The first-order chi connectivity index (χ1) is 19.1. The van der Waals surface area contributed by atoms with Crippen molar-refractivity contribution in [3.63, 3.8) is 0 Å². The first kappa shape index (κ1) is 26.3. The molecule has 1 aliphatic carbocycles. The van der Waals surface area contributed by atoms with Crippen LogP contribution in [-0.4, -0.2) is 24.6 Å². The summed E-state index contributed by atoms with van der Waals surface area (Å²) in [4.78, 5) is 12.2. The SMILES string of the molecule is Cc1sc2cc3ccccc3c(-c3ccc(OS(=O)(=O)c4ccc(C(=O)O)c(O)c4)c(C4CCCC4)c3)c2c1C. The lowest BCUT2D eigenvalue weighted by Crippen LogP contribution is -2.12. The van der Waals surface area contributed by atoms with Gasteiger partial charge >= 0.3 is 16.1 Å². The van der Waals surface area contributed by atoms with E-state index in [0.717, 1.165) is 71.3 Å². The van der Waals surface area contributed by atoms with Gasteiger partial charge in [0, 0.05) is 21.0 Å². The van der Waals surface area contributed by atoms with Crippen LogP contribution in [0.1, 0.15) is 58.0 Å². The second-order valence-electron chi connectivity index (χ2n) is 10.4. The molecule has 8 heteroatoms. The largest absolute Gasteiger partial charge is 0.507 e. The summed E-state index contributed by atoms with van der Waals surface area (Å²) in [6.07, 6.45) is 4.00. The molecule has 0 atom stereocenters. The van der Waals surface area contributed by atoms with Crippen LogP contribution in [0, 0.1) is 13.8 Å². The van der Waals surface area contributed by atoms with E-state index >= 15 is 0 Å². The molecule has 0 amide bonds. The molecule has 40 heavy (non-hydrogen) atoms. The van der Waals surface area contributed by atoms with Gasteiger partial charge in [0.2, 0.25) is 0 Å². The van der Waals surface area contributed by atoms with Gasteiger partial charge in [-0.05, 0) is 96.0 Å². The number of hydrogen-bond acceptors (Lipinski definition) is 6. The molecule has 0 bridgehead atoms. The lowest BCUT2D eigenvalue weighted by Gasteiger charge is -2.19. The van der Waals surface area contributed by atoms with Crippen molar-refractivity contribution in [3.8, 4) is 22.6 Å². The highest BCUT2D eigenvalue weighted by molar-refractivity contribution is 7.87. The number of rotatable bonds is 6. The molecule has 1 heterocycles. The molecule has 1 fully saturated rings. The maximum absolute atomic E-state index is 13.3. The Hall–Kier alpha value is -3.88. The molecule has 1 aromatic heterocycles. The summed E-state index contributed by atoms with van der Waals surface area (Å²) in [5, 5.41) is 22.8. The van der Waals surface area contributed by atoms with Crippen LogP contribution in [0.5, 0.6) is 11.5 Å². The van der Waals surface area contributed by atoms with Gasteiger partial charge in [0.15, 0.2) is 0 Å². The Morgan fingerprint density at radius 3 is 2.45 bits per heavy atom. The Kier molecular flexibility index (Phi) is 6.55. The molecule has 4 aromatic carbocycles. The Morgan fingerprint density at radius 2 is 1.73 bits per heavy atom. The summed E-state index contributed by atoms with van der Waals surface area (Å²) >= 11 is 1.78. The summed E-state index contributed by atoms with van der Waals surface area (Å²) in [5.41, 5.74) is 3.86. The topological polar surface area (TPSA) is 101 Å². The fourth-order valence-corrected chi connectivity index (χ4v) is 7.94. The smallest absolute Gasteiger partial charge is 0.339 e. The minimum absolute atomic E-state index is 0.156. The van der Waals surface area contributed by atoms with Crippen LogP contribution < -0.4 is 4.18 Å². The van der Waals surface area contributed by atoms with E-state index in [9.17, 15) is 23.4 Å². The average Bonchev–Trinajstić information content (AvgIpc) is 3.55. The summed E-state index contributed by atoms with van der Waals surface area (Å²) in [6.45, 7) is 4.29. The first-order valence-corrected chi connectivity index (χ1v) is 15.4. The zero-order chi connectivity index (χ0) is 28.2. The van der Waals surface area contributed by atoms with Gasteiger partial charge in [-0.1, -0.05) is 43.2 Å². The summed E-state index contributed by atoms with van der Waals surface area (Å²) < 4.78 is 33.5. The van der Waals surface area contributed by atoms with Gasteiger partial charge in [-0.3, -0.25) is 0 Å². The Labute approximate surface area is 236 Å². The highest BCUT2D eigenvalue weighted by atomic mass is 32.2. The zero-order valence-electron chi connectivity index (χ0n) is 22.1. The second kappa shape index (κ2) is 9.94. The van der Waals surface area contributed by atoms with Crippen LogP contribution in [0.4, 0.5) is 0 Å². The number of thiophene rings is 1. The maximum Gasteiger partial charge on any atom is 0.339 e. The average molecular weight is 573 g/mol. The molecule has 6 nitrogen and oxygen atoms in total. The number of aromatic carboxylic acids is 1. The first-order valence-electron chi connectivity index (χ1n) is 13.2. The number of carbonyl (C=O) groups is 1. The fraction of sp³-hybridized carbons (Fsp3) is 0.219. The van der Waals surface area contributed by atoms with Crippen molar-refractivity contribution in [2.45, 2.75) is 50.3 Å². The highest BCUT2D eigenvalue weighted by Gasteiger charge is 2.27. The monoisotopic (exact) mass is 572 g/mol. The highest BCUT2D eigenvalue weighted by Crippen LogP contribution is 2.46. The second-order valence-corrected chi connectivity index (χ2v) is 13.2. The number of carboxylic acid groups (broad SMARTS) is 1. The van der Waals surface area contributed by atoms with Crippen molar-refractivity contribution in [1.29, 1.82) is 0 Å². The molecular formula is C32H28O6S2. The van der Waals surface area contributed by atoms with Gasteiger partial charge in [-0.2, -0.15) is 8.42 Å². The van der Waals surface area contributed by atoms with E-state index in [4.69, 9.17) is 4.18 Å². The van der Waals surface area contributed by atoms with Crippen LogP contribution in [0.15, 0.2) is 71.6 Å². The molecule has 2 N–H and O–H groups in total. The van der Waals surface area contributed by atoms with Crippen molar-refractivity contribution in [1.82, 2.24) is 0 Å². The van der Waals surface area contributed by atoms with Gasteiger partial charge in [0.1, 0.15) is 22.0 Å². The number of aromatic hydroxyl groups is 1. The molecule has 5 aromatic rings. The summed E-state index contributed by atoms with van der Waals surface area (Å²) in [6, 6.07) is 19.4. The Morgan fingerprint density at radius 1 is 0.975 bits per heavy atom. The fourth-order valence-electron chi connectivity index (χ4n) is 5.84. The number of carboxylic acids is 1. The minimum atomic E-state index is -4.33. The maximum atomic E-state index is 13.3. The number of benzene rings is 4. The third kappa shape index (κ3) is 4.51. The predicted octanol–water partition coefficient (Wildman–Crippen LogP) is 8.17. The molecule has 1 aliphatic rings. The van der Waals surface area contributed by atoms with Crippen molar-refractivity contribution in [2.24, 2.45) is 0 Å². The Bertz CT molecular complexity index is 1910. The quantitative estimate of drug-likeness (QED) is 0.199. The van der Waals surface area contributed by atoms with E-state index in [1.807, 2.05) is 18.2 Å². The Balaban J connectivity index is 1.50. The van der Waals surface area contributed by atoms with Crippen LogP contribution >= 0.6 is 11.3 Å². The third-order valence-electron chi connectivity index (χ3n) is 7.96. The summed E-state index contributed by atoms with van der Waals surface area (Å²) in [7, 11) is -4.33. The van der Waals surface area contributed by atoms with E-state index in [2.05, 4.69) is 38.1 Å². The van der Waals surface area contributed by atoms with Crippen molar-refractivity contribution in [2.75, 3.05) is 0 Å². The van der Waals surface area contributed by atoms with Crippen LogP contribution in [-0.2, 0) is 10.1 Å². The minimum Gasteiger partial charge on any atom is -0.507 e. The molecule has 204 valence electrons. The van der Waals surface area contributed by atoms with Crippen molar-refractivity contribution >= 4 is 48.3 Å². The van der Waals surface area contributed by atoms with Crippen LogP contribution in [0.2, 0.25) is 0 Å². The molecule has 0 aliphatic heterocycles. The zero-order valence-corrected chi connectivity index (χ0v) is 23.7. The number of hydrogen-bond donors (Lipinski definition) is 2. The molecule has 0 unspecified atom stereocenters. The van der Waals surface area contributed by atoms with E-state index in [0.29, 0.717) is 0 Å². The van der Waals surface area contributed by atoms with Crippen LogP contribution in [0.25, 0.3) is 32.0 Å². The lowest BCUT2D eigenvalue weighted by molar-refractivity contribution is 0.0693. The van der Waals surface area contributed by atoms with E-state index < -0.39 is 21.8 Å². The molecule has 0 radical (unpaired) electrons. The molecule has 0 spiro atoms. The number of fused-ring (bicyclic) bond motifs is 2. The van der Waals surface area contributed by atoms with E-state index in [-0.39, 0.29) is 22.1 Å². The van der Waals surface area contributed by atoms with Gasteiger partial charge in [0.05, 0.1) is 0 Å². The van der Waals surface area contributed by atoms with E-state index in [1.54, 1.807) is 17.4 Å². The third-order valence-corrected chi connectivity index (χ3v) is 10.3. The van der Waals surface area contributed by atoms with Gasteiger partial charge in [0.25, 0.3) is 0 Å². The van der Waals surface area contributed by atoms with Gasteiger partial charge in [-0.25, -0.2) is 4.79 Å². The molecule has 1 saturated carbocycles. The van der Waals surface area contributed by atoms with E-state index in [1.165, 1.54) is 20.5 Å². The van der Waals surface area contributed by atoms with Gasteiger partial charge in [-0.15, -0.1) is 11.3 Å². The van der Waals surface area contributed by atoms with Gasteiger partial charge < -0.3 is 14.4 Å². The van der Waals surface area contributed by atoms with Crippen LogP contribution in [0.3, 0.4) is 0 Å². The van der Waals surface area contributed by atoms with Crippen molar-refractivity contribution < 1.29 is 27.6 Å². The summed E-state index contributed by atoms with van der Waals surface area (Å²) in [5.74, 6) is -1.57. The number of phenols is 1. The van der Waals surface area contributed by atoms with Crippen molar-refractivity contribution in [3.05, 3.63) is 88.3 Å². The number of aryl methyl sites for hydroxylation is 2. The normalized spacial score (nSPS) is 14.2. The molecular weight excluding hydrogens is 544 g/mol. The molecule has 6 rings (SSSR count). The lowest BCUT2D eigenvalue weighted by atomic mass is 9.89. The standard InChI is InChI=1S/C32H28O6S2/c1-18-19(2)39-29-16-21-9-5-6-10-24(21)31(30(18)29)22-11-14-28(26(15-22)20-7-3-4-8-20)38-40(36,37)23-12-13-25(32(34)35)27(33)17-23/h5-6,9-17,20,33H,3-4,7-8H2,1-2H3,(H,34,35). The predicted molar refractivity (Wildman–Crippen MR) is 158 cm³/mol.